The zero-order valence-corrected chi connectivity index (χ0v) is 23.4. The standard InChI is InChI=1S/C25H29N5O6.C2HF3O2/c1-14(2)21(22-26-11-12-29(22)3)27-18(31)8-5-13-36-17-7-4-6-15-20(17)25(35)30(24(15)34)16-9-10-19(32)28-23(16)33;3-2(4,5)1(6)7/h4,6-7,11-12,14,16,21H,5,8-10,13H2,1-3H3,(H,27,31)(H,28,32,33);(H,6,7). The molecule has 2 aromatic rings. The van der Waals surface area contributed by atoms with Crippen molar-refractivity contribution in [2.24, 2.45) is 13.0 Å². The first-order valence-corrected chi connectivity index (χ1v) is 13.2. The normalized spacial score (nSPS) is 17.2. The number of aryl methyl sites for hydroxylation is 1. The molecule has 2 aliphatic heterocycles. The summed E-state index contributed by atoms with van der Waals surface area (Å²) in [5.41, 5.74) is 0.237. The highest BCUT2D eigenvalue weighted by atomic mass is 19.4. The predicted molar refractivity (Wildman–Crippen MR) is 140 cm³/mol. The van der Waals surface area contributed by atoms with Crippen molar-refractivity contribution in [3.05, 3.63) is 47.5 Å². The molecular weight excluding hydrogens is 579 g/mol. The van der Waals surface area contributed by atoms with Gasteiger partial charge in [0, 0.05) is 32.3 Å². The molecule has 43 heavy (non-hydrogen) atoms. The maximum Gasteiger partial charge on any atom is 0.490 e. The molecule has 2 unspecified atom stereocenters. The minimum Gasteiger partial charge on any atom is -0.493 e. The second-order valence-electron chi connectivity index (χ2n) is 10.1. The molecule has 13 nitrogen and oxygen atoms in total. The summed E-state index contributed by atoms with van der Waals surface area (Å²) in [7, 11) is 1.88. The van der Waals surface area contributed by atoms with E-state index in [4.69, 9.17) is 14.6 Å². The summed E-state index contributed by atoms with van der Waals surface area (Å²) in [6, 6.07) is 3.41. The Labute approximate surface area is 243 Å². The molecule has 3 heterocycles. The number of benzene rings is 1. The van der Waals surface area contributed by atoms with Crippen molar-refractivity contribution in [1.29, 1.82) is 0 Å². The lowest BCUT2D eigenvalue weighted by atomic mass is 10.0. The Morgan fingerprint density at radius 3 is 2.42 bits per heavy atom. The van der Waals surface area contributed by atoms with E-state index in [0.717, 1.165) is 10.7 Å². The van der Waals surface area contributed by atoms with E-state index in [2.05, 4.69) is 15.6 Å². The number of piperidine rings is 1. The number of fused-ring (bicyclic) bond motifs is 1. The lowest BCUT2D eigenvalue weighted by Crippen LogP contribution is -2.54. The molecule has 1 aromatic carbocycles. The number of carbonyl (C=O) groups excluding carboxylic acids is 5. The SMILES string of the molecule is CC(C)C(NC(=O)CCCOc1cccc2c1C(=O)N(C1CCC(=O)NC1=O)C2=O)c1nccn1C.O=C(O)C(F)(F)F. The van der Waals surface area contributed by atoms with Crippen LogP contribution in [0.4, 0.5) is 13.2 Å². The summed E-state index contributed by atoms with van der Waals surface area (Å²) in [5.74, 6) is -4.08. The van der Waals surface area contributed by atoms with Gasteiger partial charge in [-0.15, -0.1) is 0 Å². The fraction of sp³-hybridized carbons (Fsp3) is 0.444. The summed E-state index contributed by atoms with van der Waals surface area (Å²) in [5, 5.41) is 12.3. The third-order valence-corrected chi connectivity index (χ3v) is 6.60. The van der Waals surface area contributed by atoms with Gasteiger partial charge in [-0.1, -0.05) is 19.9 Å². The third kappa shape index (κ3) is 7.75. The highest BCUT2D eigenvalue weighted by Crippen LogP contribution is 2.33. The molecule has 0 saturated carbocycles. The molecule has 232 valence electrons. The number of imidazole rings is 1. The largest absolute Gasteiger partial charge is 0.493 e. The van der Waals surface area contributed by atoms with Crippen LogP contribution < -0.4 is 15.4 Å². The molecule has 1 fully saturated rings. The number of nitrogens with zero attached hydrogens (tertiary/aromatic N) is 3. The zero-order valence-electron chi connectivity index (χ0n) is 23.4. The molecule has 0 spiro atoms. The number of hydrogen-bond donors (Lipinski definition) is 3. The van der Waals surface area contributed by atoms with E-state index in [-0.39, 0.29) is 60.6 Å². The van der Waals surface area contributed by atoms with Crippen LogP contribution in [0.3, 0.4) is 0 Å². The quantitative estimate of drug-likeness (QED) is 0.284. The Bertz CT molecular complexity index is 1420. The highest BCUT2D eigenvalue weighted by molar-refractivity contribution is 6.24. The Kier molecular flexibility index (Phi) is 10.3. The molecule has 1 saturated heterocycles. The number of halogens is 3. The number of rotatable bonds is 9. The van der Waals surface area contributed by atoms with Gasteiger partial charge in [-0.3, -0.25) is 34.2 Å². The van der Waals surface area contributed by atoms with Crippen LogP contribution >= 0.6 is 0 Å². The van der Waals surface area contributed by atoms with Crippen LogP contribution in [0.1, 0.15) is 72.1 Å². The smallest absolute Gasteiger partial charge is 0.490 e. The number of aliphatic carboxylic acids is 1. The summed E-state index contributed by atoms with van der Waals surface area (Å²) in [6.45, 7) is 4.17. The van der Waals surface area contributed by atoms with E-state index in [1.165, 1.54) is 6.07 Å². The van der Waals surface area contributed by atoms with Crippen molar-refractivity contribution >= 4 is 35.5 Å². The van der Waals surface area contributed by atoms with E-state index < -0.39 is 41.8 Å². The van der Waals surface area contributed by atoms with Crippen molar-refractivity contribution in [3.63, 3.8) is 0 Å². The van der Waals surface area contributed by atoms with Crippen LogP contribution in [0.15, 0.2) is 30.6 Å². The second-order valence-corrected chi connectivity index (χ2v) is 10.1. The number of carboxylic acids is 1. The van der Waals surface area contributed by atoms with Crippen LogP contribution in [0.2, 0.25) is 0 Å². The van der Waals surface area contributed by atoms with Crippen molar-refractivity contribution in [3.8, 4) is 5.75 Å². The number of hydrogen-bond acceptors (Lipinski definition) is 8. The summed E-state index contributed by atoms with van der Waals surface area (Å²) in [4.78, 5) is 76.4. The maximum atomic E-state index is 13.1. The van der Waals surface area contributed by atoms with Crippen LogP contribution in [0.5, 0.6) is 5.75 Å². The van der Waals surface area contributed by atoms with Gasteiger partial charge in [-0.05, 0) is 30.9 Å². The van der Waals surface area contributed by atoms with Crippen molar-refractivity contribution in [1.82, 2.24) is 25.1 Å². The van der Waals surface area contributed by atoms with Gasteiger partial charge in [0.1, 0.15) is 17.6 Å². The van der Waals surface area contributed by atoms with Gasteiger partial charge in [-0.2, -0.15) is 13.2 Å². The summed E-state index contributed by atoms with van der Waals surface area (Å²) in [6.07, 6.45) is -0.839. The molecule has 0 radical (unpaired) electrons. The Balaban J connectivity index is 0.000000646. The topological polar surface area (TPSA) is 177 Å². The lowest BCUT2D eigenvalue weighted by molar-refractivity contribution is -0.192. The van der Waals surface area contributed by atoms with E-state index in [1.807, 2.05) is 31.7 Å². The molecule has 2 atom stereocenters. The Morgan fingerprint density at radius 2 is 1.86 bits per heavy atom. The summed E-state index contributed by atoms with van der Waals surface area (Å²) >= 11 is 0. The molecule has 16 heteroatoms. The second kappa shape index (κ2) is 13.5. The van der Waals surface area contributed by atoms with Crippen molar-refractivity contribution < 1.29 is 51.8 Å². The Hall–Kier alpha value is -4.76. The molecule has 2 aliphatic rings. The van der Waals surface area contributed by atoms with E-state index in [0.29, 0.717) is 6.42 Å². The highest BCUT2D eigenvalue weighted by Gasteiger charge is 2.46. The van der Waals surface area contributed by atoms with E-state index >= 15 is 0 Å². The van der Waals surface area contributed by atoms with Gasteiger partial charge in [0.2, 0.25) is 17.7 Å². The molecule has 1 aromatic heterocycles. The fourth-order valence-corrected chi connectivity index (χ4v) is 4.47. The minimum absolute atomic E-state index is 0.0487. The van der Waals surface area contributed by atoms with E-state index in [9.17, 15) is 37.1 Å². The van der Waals surface area contributed by atoms with Gasteiger partial charge in [0.25, 0.3) is 11.8 Å². The molecule has 3 N–H and O–H groups in total. The van der Waals surface area contributed by atoms with Crippen LogP contribution in [-0.2, 0) is 26.2 Å². The maximum absolute atomic E-state index is 13.1. The average Bonchev–Trinajstić information content (AvgIpc) is 3.45. The summed E-state index contributed by atoms with van der Waals surface area (Å²) < 4.78 is 39.4. The average molecular weight is 610 g/mol. The Morgan fingerprint density at radius 1 is 1.19 bits per heavy atom. The van der Waals surface area contributed by atoms with Gasteiger partial charge < -0.3 is 19.7 Å². The fourth-order valence-electron chi connectivity index (χ4n) is 4.47. The number of carboxylic acid groups (broad SMARTS) is 1. The first-order chi connectivity index (χ1) is 20.1. The van der Waals surface area contributed by atoms with Gasteiger partial charge in [0.15, 0.2) is 0 Å². The molecule has 5 amide bonds. The molecule has 0 aliphatic carbocycles. The van der Waals surface area contributed by atoms with Crippen LogP contribution in [-0.4, -0.2) is 73.9 Å². The van der Waals surface area contributed by atoms with E-state index in [1.54, 1.807) is 18.3 Å². The lowest BCUT2D eigenvalue weighted by Gasteiger charge is -2.27. The van der Waals surface area contributed by atoms with Gasteiger partial charge in [0.05, 0.1) is 23.8 Å². The molecule has 4 rings (SSSR count). The number of aromatic nitrogens is 2. The third-order valence-electron chi connectivity index (χ3n) is 6.60. The van der Waals surface area contributed by atoms with Crippen molar-refractivity contribution in [2.45, 2.75) is 57.8 Å². The van der Waals surface area contributed by atoms with Gasteiger partial charge >= 0.3 is 12.1 Å². The number of nitrogens with one attached hydrogen (secondary N) is 2. The zero-order chi connectivity index (χ0) is 32.1. The van der Waals surface area contributed by atoms with Gasteiger partial charge in [-0.25, -0.2) is 9.78 Å². The first-order valence-electron chi connectivity index (χ1n) is 13.2. The minimum atomic E-state index is -5.08. The number of amides is 5. The number of carbonyl (C=O) groups is 6. The van der Waals surface area contributed by atoms with Crippen LogP contribution in [0, 0.1) is 5.92 Å². The monoisotopic (exact) mass is 609 g/mol. The van der Waals surface area contributed by atoms with Crippen molar-refractivity contribution in [2.75, 3.05) is 6.61 Å². The van der Waals surface area contributed by atoms with Crippen LogP contribution in [0.25, 0.3) is 0 Å². The molecular formula is C27H30F3N5O8. The number of alkyl halides is 3. The molecule has 0 bridgehead atoms. The predicted octanol–water partition coefficient (Wildman–Crippen LogP) is 2.13. The first kappa shape index (κ1) is 32.8. The number of ether oxygens (including phenoxy) is 1. The number of imide groups is 2.